The summed E-state index contributed by atoms with van der Waals surface area (Å²) in [4.78, 5) is 0. The number of nitrogens with one attached hydrogen (secondary N) is 1. The van der Waals surface area contributed by atoms with E-state index in [9.17, 15) is 13.2 Å². The molecule has 0 radical (unpaired) electrons. The topological polar surface area (TPSA) is 21.3 Å². The summed E-state index contributed by atoms with van der Waals surface area (Å²) >= 11 is 0. The molecular weight excluding hydrogens is 351 g/mol. The highest BCUT2D eigenvalue weighted by Crippen LogP contribution is 2.29. The van der Waals surface area contributed by atoms with Crippen LogP contribution in [-0.4, -0.2) is 0 Å². The first kappa shape index (κ1) is 19.0. The smallest absolute Gasteiger partial charge is 0.416 e. The lowest BCUT2D eigenvalue weighted by Gasteiger charge is -2.10. The van der Waals surface area contributed by atoms with Crippen molar-refractivity contribution in [1.82, 2.24) is 5.32 Å². The molecule has 0 spiro atoms. The van der Waals surface area contributed by atoms with E-state index in [2.05, 4.69) is 5.32 Å². The standard InChI is InChI=1S/C22H20F3NO/c23-22(24,25)20-10-6-17(7-11-20)14-26-15-18-8-12-21(13-9-18)27-16-19-4-2-1-3-5-19/h1-13,26H,14-16H2. The number of rotatable bonds is 7. The Labute approximate surface area is 156 Å². The van der Waals surface area contributed by atoms with Crippen molar-refractivity contribution >= 4 is 0 Å². The Morgan fingerprint density at radius 2 is 1.22 bits per heavy atom. The molecule has 0 saturated carbocycles. The van der Waals surface area contributed by atoms with Crippen LogP contribution in [0.25, 0.3) is 0 Å². The normalized spacial score (nSPS) is 11.4. The zero-order valence-corrected chi connectivity index (χ0v) is 14.7. The molecule has 3 rings (SSSR count). The lowest BCUT2D eigenvalue weighted by molar-refractivity contribution is -0.137. The minimum atomic E-state index is -4.30. The Kier molecular flexibility index (Phi) is 6.14. The monoisotopic (exact) mass is 371 g/mol. The molecule has 5 heteroatoms. The Balaban J connectivity index is 1.44. The third kappa shape index (κ3) is 5.86. The molecule has 0 aliphatic carbocycles. The van der Waals surface area contributed by atoms with Gasteiger partial charge in [0.2, 0.25) is 0 Å². The Hall–Kier alpha value is -2.79. The van der Waals surface area contributed by atoms with Crippen molar-refractivity contribution in [2.75, 3.05) is 0 Å². The average Bonchev–Trinajstić information content (AvgIpc) is 2.68. The van der Waals surface area contributed by atoms with Gasteiger partial charge in [-0.1, -0.05) is 54.6 Å². The first-order valence-corrected chi connectivity index (χ1v) is 8.63. The minimum Gasteiger partial charge on any atom is -0.489 e. The number of benzene rings is 3. The molecule has 0 fully saturated rings. The summed E-state index contributed by atoms with van der Waals surface area (Å²) in [5, 5.41) is 3.23. The predicted molar refractivity (Wildman–Crippen MR) is 99.2 cm³/mol. The highest BCUT2D eigenvalue weighted by atomic mass is 19.4. The van der Waals surface area contributed by atoms with Gasteiger partial charge in [-0.3, -0.25) is 0 Å². The fourth-order valence-corrected chi connectivity index (χ4v) is 2.61. The molecule has 0 aliphatic rings. The van der Waals surface area contributed by atoms with Crippen LogP contribution >= 0.6 is 0 Å². The summed E-state index contributed by atoms with van der Waals surface area (Å²) in [6.45, 7) is 1.65. The largest absolute Gasteiger partial charge is 0.489 e. The predicted octanol–water partition coefficient (Wildman–Crippen LogP) is 5.57. The van der Waals surface area contributed by atoms with Gasteiger partial charge in [-0.2, -0.15) is 13.2 Å². The molecule has 0 amide bonds. The molecule has 0 aliphatic heterocycles. The number of alkyl halides is 3. The molecule has 2 nitrogen and oxygen atoms in total. The number of ether oxygens (including phenoxy) is 1. The van der Waals surface area contributed by atoms with Gasteiger partial charge in [0.15, 0.2) is 0 Å². The van der Waals surface area contributed by atoms with Crippen molar-refractivity contribution in [1.29, 1.82) is 0 Å². The van der Waals surface area contributed by atoms with Crippen LogP contribution in [0.3, 0.4) is 0 Å². The molecule has 0 unspecified atom stereocenters. The average molecular weight is 371 g/mol. The summed E-state index contributed by atoms with van der Waals surface area (Å²) in [5.74, 6) is 0.797. The highest BCUT2D eigenvalue weighted by molar-refractivity contribution is 5.28. The molecule has 0 saturated heterocycles. The zero-order chi connectivity index (χ0) is 19.1. The zero-order valence-electron chi connectivity index (χ0n) is 14.7. The van der Waals surface area contributed by atoms with E-state index in [1.165, 1.54) is 12.1 Å². The van der Waals surface area contributed by atoms with Gasteiger partial charge in [0.25, 0.3) is 0 Å². The second kappa shape index (κ2) is 8.73. The number of hydrogen-bond acceptors (Lipinski definition) is 2. The van der Waals surface area contributed by atoms with Crippen LogP contribution in [0.15, 0.2) is 78.9 Å². The van der Waals surface area contributed by atoms with E-state index in [1.54, 1.807) is 0 Å². The molecule has 0 bridgehead atoms. The van der Waals surface area contributed by atoms with E-state index >= 15 is 0 Å². The fourth-order valence-electron chi connectivity index (χ4n) is 2.61. The molecule has 27 heavy (non-hydrogen) atoms. The SMILES string of the molecule is FC(F)(F)c1ccc(CNCc2ccc(OCc3ccccc3)cc2)cc1. The molecule has 0 heterocycles. The summed E-state index contributed by atoms with van der Waals surface area (Å²) in [7, 11) is 0. The lowest BCUT2D eigenvalue weighted by atomic mass is 10.1. The Morgan fingerprint density at radius 3 is 1.78 bits per heavy atom. The highest BCUT2D eigenvalue weighted by Gasteiger charge is 2.29. The third-order valence-electron chi connectivity index (χ3n) is 4.11. The molecule has 0 aromatic heterocycles. The van der Waals surface area contributed by atoms with Crippen molar-refractivity contribution < 1.29 is 17.9 Å². The number of hydrogen-bond donors (Lipinski definition) is 1. The molecular formula is C22H20F3NO. The quantitative estimate of drug-likeness (QED) is 0.586. The van der Waals surface area contributed by atoms with Crippen molar-refractivity contribution in [3.05, 3.63) is 101 Å². The maximum atomic E-state index is 12.6. The van der Waals surface area contributed by atoms with Gasteiger partial charge in [-0.25, -0.2) is 0 Å². The summed E-state index contributed by atoms with van der Waals surface area (Å²) in [6, 6.07) is 22.9. The van der Waals surface area contributed by atoms with Crippen LogP contribution in [0.1, 0.15) is 22.3 Å². The van der Waals surface area contributed by atoms with E-state index in [0.717, 1.165) is 34.6 Å². The second-order valence-electron chi connectivity index (χ2n) is 6.22. The molecule has 0 atom stereocenters. The maximum absolute atomic E-state index is 12.6. The Morgan fingerprint density at radius 1 is 0.667 bits per heavy atom. The van der Waals surface area contributed by atoms with Crippen molar-refractivity contribution in [2.24, 2.45) is 0 Å². The van der Waals surface area contributed by atoms with Gasteiger partial charge in [0.1, 0.15) is 12.4 Å². The van der Waals surface area contributed by atoms with Crippen LogP contribution in [0.4, 0.5) is 13.2 Å². The van der Waals surface area contributed by atoms with Gasteiger partial charge in [0, 0.05) is 13.1 Å². The third-order valence-corrected chi connectivity index (χ3v) is 4.11. The Bertz CT molecular complexity index is 828. The summed E-state index contributed by atoms with van der Waals surface area (Å²) in [6.07, 6.45) is -4.30. The second-order valence-corrected chi connectivity index (χ2v) is 6.22. The van der Waals surface area contributed by atoms with Crippen LogP contribution in [0, 0.1) is 0 Å². The van der Waals surface area contributed by atoms with Crippen molar-refractivity contribution in [3.8, 4) is 5.75 Å². The number of halogens is 3. The van der Waals surface area contributed by atoms with E-state index < -0.39 is 11.7 Å². The van der Waals surface area contributed by atoms with E-state index in [0.29, 0.717) is 19.7 Å². The van der Waals surface area contributed by atoms with E-state index in [1.807, 2.05) is 54.6 Å². The van der Waals surface area contributed by atoms with Crippen molar-refractivity contribution in [3.63, 3.8) is 0 Å². The van der Waals surface area contributed by atoms with Gasteiger partial charge in [-0.15, -0.1) is 0 Å². The van der Waals surface area contributed by atoms with Crippen LogP contribution in [-0.2, 0) is 25.9 Å². The first-order chi connectivity index (χ1) is 13.0. The van der Waals surface area contributed by atoms with Crippen LogP contribution < -0.4 is 10.1 Å². The molecule has 1 N–H and O–H groups in total. The van der Waals surface area contributed by atoms with Gasteiger partial charge in [0.05, 0.1) is 5.56 Å². The van der Waals surface area contributed by atoms with Crippen LogP contribution in [0.5, 0.6) is 5.75 Å². The van der Waals surface area contributed by atoms with Gasteiger partial charge < -0.3 is 10.1 Å². The van der Waals surface area contributed by atoms with Crippen LogP contribution in [0.2, 0.25) is 0 Å². The van der Waals surface area contributed by atoms with E-state index in [4.69, 9.17) is 4.74 Å². The molecule has 140 valence electrons. The van der Waals surface area contributed by atoms with Gasteiger partial charge >= 0.3 is 6.18 Å². The maximum Gasteiger partial charge on any atom is 0.416 e. The summed E-state index contributed by atoms with van der Waals surface area (Å²) in [5.41, 5.74) is 2.37. The molecule has 3 aromatic rings. The molecule has 3 aromatic carbocycles. The summed E-state index contributed by atoms with van der Waals surface area (Å²) < 4.78 is 43.4. The minimum absolute atomic E-state index is 0.504. The lowest BCUT2D eigenvalue weighted by Crippen LogP contribution is -2.13. The fraction of sp³-hybridized carbons (Fsp3) is 0.182. The van der Waals surface area contributed by atoms with Gasteiger partial charge in [-0.05, 0) is 41.0 Å². The van der Waals surface area contributed by atoms with Crippen molar-refractivity contribution in [2.45, 2.75) is 25.9 Å². The van der Waals surface area contributed by atoms with E-state index in [-0.39, 0.29) is 0 Å². The first-order valence-electron chi connectivity index (χ1n) is 8.63.